The van der Waals surface area contributed by atoms with Crippen molar-refractivity contribution in [3.63, 3.8) is 0 Å². The highest BCUT2D eigenvalue weighted by atomic mass is 16.6. The molecule has 100 valence electrons. The number of rotatable bonds is 1. The molecular formula is C15H22O3. The minimum Gasteiger partial charge on any atom is -0.460 e. The zero-order valence-corrected chi connectivity index (χ0v) is 11.5. The standard InChI is InChI=1S/C15H22O3/c1-14(2,3)18-13(17)15-6-9-4-10(7-15)12(16)11(5-9)8-15/h9-11H,4-8H2,1-3H3. The summed E-state index contributed by atoms with van der Waals surface area (Å²) >= 11 is 0. The Bertz CT molecular complexity index is 386. The van der Waals surface area contributed by atoms with Crippen LogP contribution in [-0.4, -0.2) is 17.4 Å². The fourth-order valence-corrected chi connectivity index (χ4v) is 4.38. The molecule has 0 aliphatic heterocycles. The van der Waals surface area contributed by atoms with Crippen LogP contribution in [-0.2, 0) is 14.3 Å². The predicted octanol–water partition coefficient (Wildman–Crippen LogP) is 2.72. The first-order valence-corrected chi connectivity index (χ1v) is 7.06. The fraction of sp³-hybridized carbons (Fsp3) is 0.867. The Morgan fingerprint density at radius 1 is 1.17 bits per heavy atom. The number of hydrogen-bond acceptors (Lipinski definition) is 3. The molecule has 0 amide bonds. The van der Waals surface area contributed by atoms with E-state index in [4.69, 9.17) is 4.74 Å². The van der Waals surface area contributed by atoms with E-state index in [1.54, 1.807) is 0 Å². The number of hydrogen-bond donors (Lipinski definition) is 0. The molecule has 4 bridgehead atoms. The molecule has 0 aromatic carbocycles. The minimum atomic E-state index is -0.426. The van der Waals surface area contributed by atoms with Crippen molar-refractivity contribution < 1.29 is 14.3 Å². The van der Waals surface area contributed by atoms with Crippen molar-refractivity contribution in [2.75, 3.05) is 0 Å². The lowest BCUT2D eigenvalue weighted by molar-refractivity contribution is -0.183. The van der Waals surface area contributed by atoms with Crippen LogP contribution in [0.5, 0.6) is 0 Å². The van der Waals surface area contributed by atoms with Gasteiger partial charge in [0.1, 0.15) is 11.4 Å². The zero-order chi connectivity index (χ0) is 13.1. The van der Waals surface area contributed by atoms with Gasteiger partial charge in [0.25, 0.3) is 0 Å². The van der Waals surface area contributed by atoms with Gasteiger partial charge < -0.3 is 4.74 Å². The summed E-state index contributed by atoms with van der Waals surface area (Å²) in [5.41, 5.74) is -0.762. The van der Waals surface area contributed by atoms with E-state index in [2.05, 4.69) is 0 Å². The largest absolute Gasteiger partial charge is 0.460 e. The van der Waals surface area contributed by atoms with E-state index < -0.39 is 5.60 Å². The number of ketones is 1. The molecular weight excluding hydrogens is 228 g/mol. The van der Waals surface area contributed by atoms with Crippen LogP contribution in [0.1, 0.15) is 52.9 Å². The maximum absolute atomic E-state index is 12.5. The van der Waals surface area contributed by atoms with Crippen LogP contribution in [0.15, 0.2) is 0 Å². The van der Waals surface area contributed by atoms with Crippen molar-refractivity contribution in [3.05, 3.63) is 0 Å². The molecule has 2 unspecified atom stereocenters. The summed E-state index contributed by atoms with van der Waals surface area (Å²) in [6.07, 6.45) is 4.46. The molecule has 0 radical (unpaired) electrons. The van der Waals surface area contributed by atoms with Gasteiger partial charge in [-0.1, -0.05) is 0 Å². The second-order valence-electron chi connectivity index (χ2n) is 7.53. The number of ether oxygens (including phenoxy) is 1. The fourth-order valence-electron chi connectivity index (χ4n) is 4.38. The summed E-state index contributed by atoms with van der Waals surface area (Å²) in [5, 5.41) is 0. The molecule has 18 heavy (non-hydrogen) atoms. The highest BCUT2D eigenvalue weighted by Crippen LogP contribution is 2.59. The first-order chi connectivity index (χ1) is 8.29. The SMILES string of the molecule is CC(C)(C)OC(=O)C12CC3CC(C1)C(=O)C(C3)C2. The van der Waals surface area contributed by atoms with E-state index in [-0.39, 0.29) is 23.2 Å². The average molecular weight is 250 g/mol. The molecule has 0 N–H and O–H groups in total. The Morgan fingerprint density at radius 2 is 1.72 bits per heavy atom. The molecule has 3 nitrogen and oxygen atoms in total. The normalized spacial score (nSPS) is 42.2. The molecule has 3 heteroatoms. The van der Waals surface area contributed by atoms with E-state index >= 15 is 0 Å². The minimum absolute atomic E-state index is 0.0538. The lowest BCUT2D eigenvalue weighted by Crippen LogP contribution is -2.55. The second-order valence-corrected chi connectivity index (χ2v) is 7.53. The Balaban J connectivity index is 1.84. The first kappa shape index (κ1) is 12.2. The highest BCUT2D eigenvalue weighted by Gasteiger charge is 2.59. The Kier molecular flexibility index (Phi) is 2.43. The maximum atomic E-state index is 12.5. The Labute approximate surface area is 108 Å². The van der Waals surface area contributed by atoms with Crippen LogP contribution >= 0.6 is 0 Å². The van der Waals surface area contributed by atoms with Crippen LogP contribution in [0.25, 0.3) is 0 Å². The number of carbonyl (C=O) groups excluding carboxylic acids is 2. The third-order valence-electron chi connectivity index (χ3n) is 4.83. The first-order valence-electron chi connectivity index (χ1n) is 7.06. The summed E-state index contributed by atoms with van der Waals surface area (Å²) in [6, 6.07) is 0. The van der Waals surface area contributed by atoms with Gasteiger partial charge >= 0.3 is 5.97 Å². The summed E-state index contributed by atoms with van der Waals surface area (Å²) < 4.78 is 5.61. The summed E-state index contributed by atoms with van der Waals surface area (Å²) in [4.78, 5) is 24.6. The van der Waals surface area contributed by atoms with Crippen LogP contribution < -0.4 is 0 Å². The van der Waals surface area contributed by atoms with Gasteiger partial charge in [0.15, 0.2) is 0 Å². The van der Waals surface area contributed by atoms with Gasteiger partial charge in [-0.25, -0.2) is 0 Å². The molecule has 0 spiro atoms. The van der Waals surface area contributed by atoms with Crippen molar-refractivity contribution in [2.24, 2.45) is 23.2 Å². The van der Waals surface area contributed by atoms with Gasteiger partial charge in [0.2, 0.25) is 0 Å². The molecule has 4 saturated carbocycles. The third kappa shape index (κ3) is 1.79. The molecule has 0 aromatic rings. The van der Waals surface area contributed by atoms with Gasteiger partial charge in [-0.05, 0) is 58.8 Å². The lowest BCUT2D eigenvalue weighted by Gasteiger charge is -2.54. The molecule has 4 aliphatic rings. The third-order valence-corrected chi connectivity index (χ3v) is 4.83. The van der Waals surface area contributed by atoms with Gasteiger partial charge in [-0.2, -0.15) is 0 Å². The molecule has 0 aromatic heterocycles. The molecule has 4 aliphatic carbocycles. The van der Waals surface area contributed by atoms with Gasteiger partial charge in [0, 0.05) is 11.8 Å². The van der Waals surface area contributed by atoms with Gasteiger partial charge in [-0.3, -0.25) is 9.59 Å². The van der Waals surface area contributed by atoms with E-state index in [9.17, 15) is 9.59 Å². The summed E-state index contributed by atoms with van der Waals surface area (Å²) in [5.74, 6) is 1.23. The molecule has 4 fully saturated rings. The average Bonchev–Trinajstić information content (AvgIpc) is 2.22. The zero-order valence-electron chi connectivity index (χ0n) is 11.5. The monoisotopic (exact) mass is 250 g/mol. The highest BCUT2D eigenvalue weighted by molar-refractivity contribution is 5.89. The molecule has 0 heterocycles. The van der Waals surface area contributed by atoms with E-state index in [0.29, 0.717) is 11.7 Å². The molecule has 4 rings (SSSR count). The summed E-state index contributed by atoms with van der Waals surface area (Å²) in [6.45, 7) is 5.74. The van der Waals surface area contributed by atoms with Crippen LogP contribution in [0.3, 0.4) is 0 Å². The second kappa shape index (κ2) is 3.58. The van der Waals surface area contributed by atoms with Crippen molar-refractivity contribution in [2.45, 2.75) is 58.5 Å². The summed E-state index contributed by atoms with van der Waals surface area (Å²) in [7, 11) is 0. The van der Waals surface area contributed by atoms with Crippen LogP contribution in [0.4, 0.5) is 0 Å². The molecule has 0 saturated heterocycles. The number of Topliss-reactive ketones (excluding diaryl/α,β-unsaturated/α-hetero) is 1. The smallest absolute Gasteiger partial charge is 0.312 e. The maximum Gasteiger partial charge on any atom is 0.312 e. The van der Waals surface area contributed by atoms with Crippen molar-refractivity contribution >= 4 is 11.8 Å². The van der Waals surface area contributed by atoms with Crippen LogP contribution in [0, 0.1) is 23.2 Å². The van der Waals surface area contributed by atoms with E-state index in [1.807, 2.05) is 20.8 Å². The van der Waals surface area contributed by atoms with E-state index in [1.165, 1.54) is 0 Å². The van der Waals surface area contributed by atoms with Crippen molar-refractivity contribution in [1.29, 1.82) is 0 Å². The Hall–Kier alpha value is -0.860. The van der Waals surface area contributed by atoms with Crippen molar-refractivity contribution in [1.82, 2.24) is 0 Å². The molecule has 2 atom stereocenters. The van der Waals surface area contributed by atoms with E-state index in [0.717, 1.165) is 32.1 Å². The Morgan fingerprint density at radius 3 is 2.22 bits per heavy atom. The topological polar surface area (TPSA) is 43.4 Å². The van der Waals surface area contributed by atoms with Gasteiger partial charge in [0.05, 0.1) is 5.41 Å². The van der Waals surface area contributed by atoms with Crippen LogP contribution in [0.2, 0.25) is 0 Å². The van der Waals surface area contributed by atoms with Gasteiger partial charge in [-0.15, -0.1) is 0 Å². The number of esters is 1. The predicted molar refractivity (Wildman–Crippen MR) is 66.8 cm³/mol. The number of carbonyl (C=O) groups is 2. The lowest BCUT2D eigenvalue weighted by atomic mass is 9.49. The van der Waals surface area contributed by atoms with Crippen molar-refractivity contribution in [3.8, 4) is 0 Å². The quantitative estimate of drug-likeness (QED) is 0.672.